The van der Waals surface area contributed by atoms with Crippen LogP contribution in [0.15, 0.2) is 60.8 Å². The Hall–Kier alpha value is -2.22. The van der Waals surface area contributed by atoms with Gasteiger partial charge in [0.1, 0.15) is 12.7 Å². The molecule has 0 saturated heterocycles. The Morgan fingerprint density at radius 3 is 1.84 bits per heavy atom. The summed E-state index contributed by atoms with van der Waals surface area (Å²) in [5.41, 5.74) is 0. The van der Waals surface area contributed by atoms with Crippen molar-refractivity contribution >= 4 is 27.6 Å². The van der Waals surface area contributed by atoms with E-state index >= 15 is 0 Å². The van der Waals surface area contributed by atoms with E-state index in [2.05, 4.69) is 41.1 Å². The van der Waals surface area contributed by atoms with Crippen LogP contribution in [-0.4, -0.2) is 81.6 Å². The summed E-state index contributed by atoms with van der Waals surface area (Å²) in [6.07, 6.45) is 29.2. The third kappa shape index (κ3) is 37.1. The summed E-state index contributed by atoms with van der Waals surface area (Å²) in [5.74, 6) is -0.387. The minimum atomic E-state index is -4.87. The third-order valence-electron chi connectivity index (χ3n) is 8.11. The molecule has 2 unspecified atom stereocenters. The van der Waals surface area contributed by atoms with Crippen LogP contribution in [0.2, 0.25) is 0 Å². The zero-order valence-corrected chi connectivity index (χ0v) is 34.8. The van der Waals surface area contributed by atoms with E-state index in [1.165, 1.54) is 19.3 Å². The van der Waals surface area contributed by atoms with Gasteiger partial charge < -0.3 is 34.4 Å². The maximum atomic E-state index is 12.6. The molecule has 16 heteroatoms. The lowest BCUT2D eigenvalue weighted by atomic mass is 10.00. The van der Waals surface area contributed by atoms with Gasteiger partial charge in [0.05, 0.1) is 25.9 Å². The molecule has 0 aromatic rings. The van der Waals surface area contributed by atoms with Crippen LogP contribution >= 0.6 is 15.6 Å². The van der Waals surface area contributed by atoms with Crippen LogP contribution in [0.3, 0.4) is 0 Å². The number of carbonyl (C=O) groups excluding carboxylic acids is 2. The predicted molar refractivity (Wildman–Crippen MR) is 213 cm³/mol. The number of ether oxygens (including phenoxy) is 2. The molecule has 5 atom stereocenters. The molecule has 0 radical (unpaired) electrons. The Bertz CT molecular complexity index is 1240. The number of aliphatic hydroxyl groups excluding tert-OH is 2. The first-order valence-electron chi connectivity index (χ1n) is 19.5. The zero-order chi connectivity index (χ0) is 41.2. The fourth-order valence-corrected chi connectivity index (χ4v) is 5.76. The van der Waals surface area contributed by atoms with E-state index in [1.807, 2.05) is 43.4 Å². The summed E-state index contributed by atoms with van der Waals surface area (Å²) in [5, 5.41) is 19.2. The summed E-state index contributed by atoms with van der Waals surface area (Å²) in [7, 11) is -9.70. The molecule has 0 fully saturated rings. The summed E-state index contributed by atoms with van der Waals surface area (Å²) >= 11 is 0. The van der Waals surface area contributed by atoms with Crippen molar-refractivity contribution in [3.63, 3.8) is 0 Å². The van der Waals surface area contributed by atoms with E-state index in [1.54, 1.807) is 6.08 Å². The van der Waals surface area contributed by atoms with Gasteiger partial charge in [-0.05, 0) is 50.9 Å². The SMILES string of the molecule is CCC(C)CCCCCCCCC(=O)OC[C@H](COP(=O)(O)OC[C@@H](O)COP(=O)(O)O)OC(=O)CCC/C=C\C/C=C\C/C=C\C/C=C\C=C\[C@H](O)CC. The summed E-state index contributed by atoms with van der Waals surface area (Å²) in [6.45, 7) is 3.57. The smallest absolute Gasteiger partial charge is 0.462 e. The molecule has 0 aromatic heterocycles. The molecule has 0 bridgehead atoms. The molecule has 0 aliphatic heterocycles. The lowest BCUT2D eigenvalue weighted by Gasteiger charge is -2.20. The average Bonchev–Trinajstić information content (AvgIpc) is 3.14. The van der Waals surface area contributed by atoms with Crippen molar-refractivity contribution in [1.82, 2.24) is 0 Å². The van der Waals surface area contributed by atoms with Crippen LogP contribution in [0.1, 0.15) is 124 Å². The molecule has 5 N–H and O–H groups in total. The van der Waals surface area contributed by atoms with Crippen LogP contribution in [0.25, 0.3) is 0 Å². The van der Waals surface area contributed by atoms with Gasteiger partial charge in [-0.3, -0.25) is 23.2 Å². The minimum absolute atomic E-state index is 0.0370. The van der Waals surface area contributed by atoms with Crippen molar-refractivity contribution in [3.05, 3.63) is 60.8 Å². The lowest BCUT2D eigenvalue weighted by Crippen LogP contribution is -2.29. The number of hydrogen-bond acceptors (Lipinski definition) is 11. The number of aliphatic hydroxyl groups is 2. The van der Waals surface area contributed by atoms with Crippen molar-refractivity contribution in [2.24, 2.45) is 5.92 Å². The van der Waals surface area contributed by atoms with Crippen molar-refractivity contribution in [2.45, 2.75) is 142 Å². The second-order valence-corrected chi connectivity index (χ2v) is 16.0. The van der Waals surface area contributed by atoms with E-state index in [0.29, 0.717) is 25.7 Å². The zero-order valence-electron chi connectivity index (χ0n) is 33.0. The molecule has 0 amide bonds. The second-order valence-electron chi connectivity index (χ2n) is 13.3. The van der Waals surface area contributed by atoms with Gasteiger partial charge in [0.15, 0.2) is 6.10 Å². The van der Waals surface area contributed by atoms with Crippen LogP contribution in [0, 0.1) is 5.92 Å². The van der Waals surface area contributed by atoms with Gasteiger partial charge in [0.25, 0.3) is 0 Å². The Kier molecular flexibility index (Phi) is 32.5. The van der Waals surface area contributed by atoms with Gasteiger partial charge in [-0.25, -0.2) is 9.13 Å². The third-order valence-corrected chi connectivity index (χ3v) is 9.54. The van der Waals surface area contributed by atoms with E-state index in [9.17, 15) is 33.8 Å². The largest absolute Gasteiger partial charge is 0.472 e. The molecule has 0 spiro atoms. The minimum Gasteiger partial charge on any atom is -0.462 e. The monoisotopic (exact) mass is 822 g/mol. The molecule has 0 saturated carbocycles. The number of carbonyl (C=O) groups is 2. The van der Waals surface area contributed by atoms with Crippen molar-refractivity contribution in [2.75, 3.05) is 26.4 Å². The molecule has 318 valence electrons. The van der Waals surface area contributed by atoms with Crippen LogP contribution in [0.5, 0.6) is 0 Å². The lowest BCUT2D eigenvalue weighted by molar-refractivity contribution is -0.161. The van der Waals surface area contributed by atoms with Crippen LogP contribution in [-0.2, 0) is 41.8 Å². The van der Waals surface area contributed by atoms with Gasteiger partial charge >= 0.3 is 27.6 Å². The molecule has 0 heterocycles. The first kappa shape index (κ1) is 52.8. The standard InChI is InChI=1S/C39H68O14P2/c1-4-34(3)26-22-18-16-17-20-24-28-38(42)49-32-37(33-52-55(47,48)51-31-36(41)30-50-54(44,45)46)53-39(43)29-25-21-15-13-11-9-7-6-8-10-12-14-19-23-27-35(40)5-2/h7-10,13-15,19,23,27,34-37,40-41H,4-6,11-12,16-18,20-22,24-26,28-33H2,1-3H3,(H,47,48)(H2,44,45,46)/b9-7-,10-8-,15-13-,19-14-,27-23+/t34?,35-,36+,37-/m1/s1. The fourth-order valence-electron chi connectivity index (χ4n) is 4.60. The Labute approximate surface area is 328 Å². The Morgan fingerprint density at radius 1 is 0.636 bits per heavy atom. The molecule has 0 aromatic carbocycles. The van der Waals surface area contributed by atoms with E-state index in [4.69, 9.17) is 23.8 Å². The highest BCUT2D eigenvalue weighted by Gasteiger charge is 2.28. The van der Waals surface area contributed by atoms with Crippen LogP contribution < -0.4 is 0 Å². The first-order chi connectivity index (χ1) is 26.2. The predicted octanol–water partition coefficient (Wildman–Crippen LogP) is 8.10. The van der Waals surface area contributed by atoms with Gasteiger partial charge in [-0.15, -0.1) is 0 Å². The van der Waals surface area contributed by atoms with E-state index < -0.39 is 72.3 Å². The van der Waals surface area contributed by atoms with Crippen LogP contribution in [0.4, 0.5) is 0 Å². The Morgan fingerprint density at radius 2 is 1.20 bits per heavy atom. The van der Waals surface area contributed by atoms with Gasteiger partial charge in [0, 0.05) is 12.8 Å². The maximum Gasteiger partial charge on any atom is 0.472 e. The number of allylic oxidation sites excluding steroid dienone is 9. The molecule has 0 aliphatic rings. The van der Waals surface area contributed by atoms with E-state index in [-0.39, 0.29) is 12.8 Å². The topological polar surface area (TPSA) is 216 Å². The van der Waals surface area contributed by atoms with Crippen molar-refractivity contribution in [1.29, 1.82) is 0 Å². The Balaban J connectivity index is 4.71. The average molecular weight is 823 g/mol. The number of phosphoric acid groups is 2. The summed E-state index contributed by atoms with van der Waals surface area (Å²) in [4.78, 5) is 52.4. The van der Waals surface area contributed by atoms with Gasteiger partial charge in [0.2, 0.25) is 0 Å². The highest BCUT2D eigenvalue weighted by molar-refractivity contribution is 7.47. The first-order valence-corrected chi connectivity index (χ1v) is 22.5. The van der Waals surface area contributed by atoms with E-state index in [0.717, 1.165) is 50.9 Å². The molecule has 0 aliphatic carbocycles. The molecule has 55 heavy (non-hydrogen) atoms. The number of phosphoric ester groups is 2. The quantitative estimate of drug-likeness (QED) is 0.0134. The highest BCUT2D eigenvalue weighted by atomic mass is 31.2. The van der Waals surface area contributed by atoms with Gasteiger partial charge in [-0.1, -0.05) is 126 Å². The molecular formula is C39H68O14P2. The maximum absolute atomic E-state index is 12.6. The normalized spacial score (nSPS) is 16.0. The number of esters is 2. The molecule has 14 nitrogen and oxygen atoms in total. The number of unbranched alkanes of at least 4 members (excludes halogenated alkanes) is 6. The summed E-state index contributed by atoms with van der Waals surface area (Å²) in [6, 6.07) is 0. The van der Waals surface area contributed by atoms with Crippen molar-refractivity contribution < 1.29 is 66.7 Å². The fraction of sp³-hybridized carbons (Fsp3) is 0.692. The van der Waals surface area contributed by atoms with Crippen molar-refractivity contribution in [3.8, 4) is 0 Å². The number of hydrogen-bond donors (Lipinski definition) is 5. The second kappa shape index (κ2) is 33.9. The molecular weight excluding hydrogens is 754 g/mol. The molecule has 0 rings (SSSR count). The highest BCUT2D eigenvalue weighted by Crippen LogP contribution is 2.43. The summed E-state index contributed by atoms with van der Waals surface area (Å²) < 4.78 is 47.5. The van der Waals surface area contributed by atoms with Gasteiger partial charge in [-0.2, -0.15) is 0 Å². The number of rotatable bonds is 35.